The van der Waals surface area contributed by atoms with E-state index >= 15 is 0 Å². The van der Waals surface area contributed by atoms with E-state index in [9.17, 15) is 8.42 Å². The van der Waals surface area contributed by atoms with E-state index < -0.39 is 10.0 Å². The number of ether oxygens (including phenoxy) is 2. The molecule has 0 saturated carbocycles. The highest BCUT2D eigenvalue weighted by molar-refractivity contribution is 7.89. The first kappa shape index (κ1) is 19.6. The Morgan fingerprint density at radius 1 is 1.07 bits per heavy atom. The number of piperazine rings is 1. The van der Waals surface area contributed by atoms with Gasteiger partial charge in [-0.2, -0.15) is 4.31 Å². The van der Waals surface area contributed by atoms with E-state index in [2.05, 4.69) is 15.1 Å². The van der Waals surface area contributed by atoms with Gasteiger partial charge in [0.15, 0.2) is 11.5 Å². The fraction of sp³-hybridized carbons (Fsp3) is 0.529. The summed E-state index contributed by atoms with van der Waals surface area (Å²) < 4.78 is 43.1. The van der Waals surface area contributed by atoms with Crippen molar-refractivity contribution in [3.05, 3.63) is 30.0 Å². The first-order valence-corrected chi connectivity index (χ1v) is 10.1. The van der Waals surface area contributed by atoms with Crippen LogP contribution in [0, 0.1) is 6.92 Å². The first-order valence-electron chi connectivity index (χ1n) is 8.67. The number of hydrogen-bond donors (Lipinski definition) is 0. The second-order valence-electron chi connectivity index (χ2n) is 6.23. The molecule has 10 heteroatoms. The Hall–Kier alpha value is -2.17. The van der Waals surface area contributed by atoms with Crippen LogP contribution < -0.4 is 9.47 Å². The molecule has 0 bridgehead atoms. The maximum absolute atomic E-state index is 12.9. The summed E-state index contributed by atoms with van der Waals surface area (Å²) in [6.45, 7) is 4.68. The Balaban J connectivity index is 1.61. The van der Waals surface area contributed by atoms with Gasteiger partial charge in [-0.15, -0.1) is 10.2 Å². The van der Waals surface area contributed by atoms with Crippen molar-refractivity contribution in [2.45, 2.75) is 18.2 Å². The quantitative estimate of drug-likeness (QED) is 0.682. The Morgan fingerprint density at radius 2 is 1.78 bits per heavy atom. The fourth-order valence-electron chi connectivity index (χ4n) is 3.01. The van der Waals surface area contributed by atoms with Crippen LogP contribution in [0.25, 0.3) is 0 Å². The van der Waals surface area contributed by atoms with Crippen molar-refractivity contribution in [1.82, 2.24) is 19.4 Å². The lowest BCUT2D eigenvalue weighted by Crippen LogP contribution is -2.49. The van der Waals surface area contributed by atoms with Gasteiger partial charge in [0, 0.05) is 52.1 Å². The largest absolute Gasteiger partial charge is 0.493 e. The summed E-state index contributed by atoms with van der Waals surface area (Å²) in [5, 5.41) is 7.80. The summed E-state index contributed by atoms with van der Waals surface area (Å²) in [4.78, 5) is 2.40. The van der Waals surface area contributed by atoms with Crippen LogP contribution in [0.3, 0.4) is 0 Å². The van der Waals surface area contributed by atoms with Gasteiger partial charge in [0.1, 0.15) is 0 Å². The van der Waals surface area contributed by atoms with Crippen molar-refractivity contribution in [3.63, 3.8) is 0 Å². The molecule has 1 fully saturated rings. The van der Waals surface area contributed by atoms with Crippen molar-refractivity contribution in [2.24, 2.45) is 0 Å². The number of aromatic nitrogens is 2. The zero-order valence-corrected chi connectivity index (χ0v) is 16.5. The minimum absolute atomic E-state index is 0.204. The molecule has 0 unspecified atom stereocenters. The second-order valence-corrected chi connectivity index (χ2v) is 8.17. The Morgan fingerprint density at radius 3 is 2.37 bits per heavy atom. The van der Waals surface area contributed by atoms with Crippen molar-refractivity contribution < 1.29 is 22.3 Å². The molecule has 0 atom stereocenters. The number of methoxy groups -OCH3 is 2. The number of rotatable bonds is 7. The van der Waals surface area contributed by atoms with E-state index in [4.69, 9.17) is 13.9 Å². The predicted octanol–water partition coefficient (Wildman–Crippen LogP) is 0.944. The number of hydrogen-bond acceptors (Lipinski definition) is 8. The Kier molecular flexibility index (Phi) is 5.98. The molecule has 1 aliphatic rings. The molecular formula is C17H24N4O5S. The van der Waals surface area contributed by atoms with Gasteiger partial charge in [0.25, 0.3) is 0 Å². The van der Waals surface area contributed by atoms with Crippen LogP contribution in [0.1, 0.15) is 11.8 Å². The minimum Gasteiger partial charge on any atom is -0.493 e. The van der Waals surface area contributed by atoms with Crippen LogP contribution in [-0.2, 0) is 16.4 Å². The second kappa shape index (κ2) is 8.24. The van der Waals surface area contributed by atoms with Crippen molar-refractivity contribution in [3.8, 4) is 11.5 Å². The van der Waals surface area contributed by atoms with E-state index in [1.165, 1.54) is 24.6 Å². The van der Waals surface area contributed by atoms with Gasteiger partial charge in [-0.25, -0.2) is 8.42 Å². The fourth-order valence-corrected chi connectivity index (χ4v) is 4.45. The van der Waals surface area contributed by atoms with Crippen LogP contribution in [0.4, 0.5) is 0 Å². The molecule has 1 aromatic heterocycles. The molecule has 1 aromatic carbocycles. The molecule has 2 aromatic rings. The van der Waals surface area contributed by atoms with E-state index in [1.807, 2.05) is 0 Å². The molecule has 2 heterocycles. The molecule has 0 aliphatic carbocycles. The highest BCUT2D eigenvalue weighted by atomic mass is 32.2. The molecule has 3 rings (SSSR count). The van der Waals surface area contributed by atoms with Crippen LogP contribution >= 0.6 is 0 Å². The molecule has 27 heavy (non-hydrogen) atoms. The molecule has 1 saturated heterocycles. The third kappa shape index (κ3) is 4.40. The predicted molar refractivity (Wildman–Crippen MR) is 97.5 cm³/mol. The Labute approximate surface area is 158 Å². The molecule has 0 spiro atoms. The highest BCUT2D eigenvalue weighted by Crippen LogP contribution is 2.30. The number of sulfonamides is 1. The zero-order valence-electron chi connectivity index (χ0n) is 15.7. The van der Waals surface area contributed by atoms with Gasteiger partial charge in [-0.05, 0) is 12.1 Å². The lowest BCUT2D eigenvalue weighted by molar-refractivity contribution is 0.186. The maximum atomic E-state index is 12.9. The van der Waals surface area contributed by atoms with Gasteiger partial charge in [0.2, 0.25) is 21.8 Å². The van der Waals surface area contributed by atoms with Gasteiger partial charge < -0.3 is 18.8 Å². The van der Waals surface area contributed by atoms with E-state index in [-0.39, 0.29) is 4.90 Å². The monoisotopic (exact) mass is 396 g/mol. The molecule has 0 radical (unpaired) electrons. The van der Waals surface area contributed by atoms with Crippen LogP contribution in [-0.4, -0.2) is 74.8 Å². The van der Waals surface area contributed by atoms with E-state index in [0.717, 1.165) is 6.54 Å². The van der Waals surface area contributed by atoms with E-state index in [0.29, 0.717) is 55.9 Å². The summed E-state index contributed by atoms with van der Waals surface area (Å²) in [7, 11) is -0.578. The number of nitrogens with zero attached hydrogens (tertiary/aromatic N) is 4. The average molecular weight is 396 g/mol. The standard InChI is InChI=1S/C17H24N4O5S/c1-13-18-19-17(26-13)6-7-20-8-10-21(11-9-20)27(22,23)14-4-5-15(24-2)16(12-14)25-3/h4-5,12H,6-11H2,1-3H3. The summed E-state index contributed by atoms with van der Waals surface area (Å²) in [6.07, 6.45) is 0.656. The summed E-state index contributed by atoms with van der Waals surface area (Å²) >= 11 is 0. The van der Waals surface area contributed by atoms with Gasteiger partial charge in [0.05, 0.1) is 19.1 Å². The first-order chi connectivity index (χ1) is 12.9. The molecule has 9 nitrogen and oxygen atoms in total. The number of aryl methyl sites for hydroxylation is 1. The minimum atomic E-state index is -3.58. The van der Waals surface area contributed by atoms with Gasteiger partial charge in [-0.1, -0.05) is 0 Å². The number of benzene rings is 1. The normalized spacial score (nSPS) is 16.4. The molecule has 0 N–H and O–H groups in total. The van der Waals surface area contributed by atoms with Crippen molar-refractivity contribution >= 4 is 10.0 Å². The molecule has 148 valence electrons. The topological polar surface area (TPSA) is 98.0 Å². The van der Waals surface area contributed by atoms with Crippen LogP contribution in [0.15, 0.2) is 27.5 Å². The Bertz CT molecular complexity index is 875. The smallest absolute Gasteiger partial charge is 0.243 e. The lowest BCUT2D eigenvalue weighted by atomic mass is 10.3. The van der Waals surface area contributed by atoms with E-state index in [1.54, 1.807) is 19.1 Å². The van der Waals surface area contributed by atoms with Gasteiger partial charge >= 0.3 is 0 Å². The summed E-state index contributed by atoms with van der Waals surface area (Å²) in [6, 6.07) is 4.65. The summed E-state index contributed by atoms with van der Waals surface area (Å²) in [5.74, 6) is 2.05. The maximum Gasteiger partial charge on any atom is 0.243 e. The van der Waals surface area contributed by atoms with Crippen molar-refractivity contribution in [1.29, 1.82) is 0 Å². The average Bonchev–Trinajstić information content (AvgIpc) is 3.11. The van der Waals surface area contributed by atoms with Gasteiger partial charge in [-0.3, -0.25) is 0 Å². The third-order valence-electron chi connectivity index (χ3n) is 4.53. The summed E-state index contributed by atoms with van der Waals surface area (Å²) in [5.41, 5.74) is 0. The van der Waals surface area contributed by atoms with Crippen molar-refractivity contribution in [2.75, 3.05) is 46.9 Å². The molecular weight excluding hydrogens is 372 g/mol. The van der Waals surface area contributed by atoms with Crippen LogP contribution in [0.5, 0.6) is 11.5 Å². The lowest BCUT2D eigenvalue weighted by Gasteiger charge is -2.33. The molecule has 0 amide bonds. The zero-order chi connectivity index (χ0) is 19.4. The van der Waals surface area contributed by atoms with Crippen LogP contribution in [0.2, 0.25) is 0 Å². The molecule has 1 aliphatic heterocycles. The SMILES string of the molecule is COc1ccc(S(=O)(=O)N2CCN(CCc3nnc(C)o3)CC2)cc1OC. The third-order valence-corrected chi connectivity index (χ3v) is 6.43. The highest BCUT2D eigenvalue weighted by Gasteiger charge is 2.29.